The number of amides is 1. The number of nitrogens with zero attached hydrogens (tertiary/aromatic N) is 1. The molecule has 0 atom stereocenters. The number of rotatable bonds is 8. The number of anilines is 1. The first-order chi connectivity index (χ1) is 13.2. The number of alkyl halides is 2. The van der Waals surface area contributed by atoms with Crippen molar-refractivity contribution < 1.29 is 26.7 Å². The predicted molar refractivity (Wildman–Crippen MR) is 103 cm³/mol. The van der Waals surface area contributed by atoms with E-state index in [0.717, 1.165) is 0 Å². The van der Waals surface area contributed by atoms with E-state index in [9.17, 15) is 22.0 Å². The summed E-state index contributed by atoms with van der Waals surface area (Å²) in [7, 11) is -3.77. The highest BCUT2D eigenvalue weighted by Gasteiger charge is 2.23. The van der Waals surface area contributed by atoms with Crippen LogP contribution in [0.1, 0.15) is 24.2 Å². The number of benzene rings is 2. The van der Waals surface area contributed by atoms with Gasteiger partial charge < -0.3 is 10.1 Å². The van der Waals surface area contributed by atoms with Crippen LogP contribution in [0.2, 0.25) is 5.02 Å². The van der Waals surface area contributed by atoms with Crippen molar-refractivity contribution in [2.24, 2.45) is 0 Å². The van der Waals surface area contributed by atoms with Crippen LogP contribution < -0.4 is 10.1 Å². The van der Waals surface area contributed by atoms with Crippen LogP contribution in [0.4, 0.5) is 14.5 Å². The van der Waals surface area contributed by atoms with Crippen molar-refractivity contribution in [3.05, 3.63) is 53.1 Å². The molecule has 2 aromatic carbocycles. The minimum Gasteiger partial charge on any atom is -0.434 e. The third-order valence-corrected chi connectivity index (χ3v) is 6.25. The van der Waals surface area contributed by atoms with Gasteiger partial charge >= 0.3 is 6.61 Å². The molecule has 0 aliphatic heterocycles. The van der Waals surface area contributed by atoms with E-state index in [1.54, 1.807) is 13.8 Å². The molecule has 0 spiro atoms. The van der Waals surface area contributed by atoms with E-state index in [1.807, 2.05) is 0 Å². The maximum atomic E-state index is 12.7. The highest BCUT2D eigenvalue weighted by molar-refractivity contribution is 7.89. The molecule has 1 amide bonds. The molecule has 0 unspecified atom stereocenters. The first-order valence-electron chi connectivity index (χ1n) is 8.35. The van der Waals surface area contributed by atoms with Gasteiger partial charge in [0.15, 0.2) is 0 Å². The summed E-state index contributed by atoms with van der Waals surface area (Å²) in [5.74, 6) is -1.08. The molecule has 0 radical (unpaired) electrons. The second kappa shape index (κ2) is 9.31. The molecule has 0 aliphatic rings. The summed E-state index contributed by atoms with van der Waals surface area (Å²) in [6.45, 7) is 0.877. The molecule has 0 heterocycles. The van der Waals surface area contributed by atoms with Gasteiger partial charge in [0.2, 0.25) is 10.0 Å². The summed E-state index contributed by atoms with van der Waals surface area (Å²) in [6.07, 6.45) is 0. The van der Waals surface area contributed by atoms with E-state index in [0.29, 0.717) is 0 Å². The van der Waals surface area contributed by atoms with Crippen molar-refractivity contribution in [1.82, 2.24) is 4.31 Å². The number of hydrogen-bond acceptors (Lipinski definition) is 4. The maximum Gasteiger partial charge on any atom is 0.387 e. The second-order valence-electron chi connectivity index (χ2n) is 5.56. The van der Waals surface area contributed by atoms with Crippen LogP contribution in [0.3, 0.4) is 0 Å². The van der Waals surface area contributed by atoms with Gasteiger partial charge in [-0.25, -0.2) is 8.42 Å². The normalized spacial score (nSPS) is 11.7. The van der Waals surface area contributed by atoms with Gasteiger partial charge in [0.05, 0.1) is 21.2 Å². The number of nitrogens with one attached hydrogen (secondary N) is 1. The zero-order chi connectivity index (χ0) is 20.9. The zero-order valence-electron chi connectivity index (χ0n) is 15.2. The molecule has 0 bridgehead atoms. The van der Waals surface area contributed by atoms with E-state index in [2.05, 4.69) is 10.1 Å². The van der Waals surface area contributed by atoms with E-state index >= 15 is 0 Å². The Balaban J connectivity index is 2.36. The van der Waals surface area contributed by atoms with Gasteiger partial charge in [0, 0.05) is 13.1 Å². The maximum absolute atomic E-state index is 12.7. The average molecular weight is 433 g/mol. The average Bonchev–Trinajstić information content (AvgIpc) is 2.64. The van der Waals surface area contributed by atoms with Crippen LogP contribution in [-0.4, -0.2) is 38.3 Å². The molecule has 0 aromatic heterocycles. The molecule has 6 nitrogen and oxygen atoms in total. The molecule has 152 valence electrons. The van der Waals surface area contributed by atoms with Crippen molar-refractivity contribution in [3.8, 4) is 5.75 Å². The van der Waals surface area contributed by atoms with Crippen LogP contribution >= 0.6 is 11.6 Å². The summed E-state index contributed by atoms with van der Waals surface area (Å²) in [4.78, 5) is 12.5. The van der Waals surface area contributed by atoms with Gasteiger partial charge in [0.25, 0.3) is 5.91 Å². The Kier molecular flexibility index (Phi) is 7.34. The van der Waals surface area contributed by atoms with E-state index in [4.69, 9.17) is 11.6 Å². The van der Waals surface area contributed by atoms with E-state index in [1.165, 1.54) is 46.8 Å². The van der Waals surface area contributed by atoms with Crippen LogP contribution in [0.5, 0.6) is 5.75 Å². The van der Waals surface area contributed by atoms with Crippen LogP contribution in [0.25, 0.3) is 0 Å². The third kappa shape index (κ3) is 4.98. The van der Waals surface area contributed by atoms with Gasteiger partial charge in [0.1, 0.15) is 5.75 Å². The Hall–Kier alpha value is -2.23. The van der Waals surface area contributed by atoms with Gasteiger partial charge in [-0.2, -0.15) is 13.1 Å². The van der Waals surface area contributed by atoms with Gasteiger partial charge in [-0.3, -0.25) is 4.79 Å². The van der Waals surface area contributed by atoms with E-state index < -0.39 is 22.5 Å². The highest BCUT2D eigenvalue weighted by atomic mass is 35.5. The first-order valence-corrected chi connectivity index (χ1v) is 10.2. The highest BCUT2D eigenvalue weighted by Crippen LogP contribution is 2.29. The minimum absolute atomic E-state index is 0.0340. The number of halogens is 3. The summed E-state index contributed by atoms with van der Waals surface area (Å²) in [5, 5.41) is 2.55. The molecule has 0 fully saturated rings. The number of hydrogen-bond donors (Lipinski definition) is 1. The molecular weight excluding hydrogens is 414 g/mol. The van der Waals surface area contributed by atoms with Gasteiger partial charge in [-0.05, 0) is 30.3 Å². The quantitative estimate of drug-likeness (QED) is 0.677. The Bertz CT molecular complexity index is 950. The summed E-state index contributed by atoms with van der Waals surface area (Å²) in [6, 6.07) is 9.36. The smallest absolute Gasteiger partial charge is 0.387 e. The Morgan fingerprint density at radius 1 is 1.18 bits per heavy atom. The zero-order valence-corrected chi connectivity index (χ0v) is 16.7. The van der Waals surface area contributed by atoms with Crippen LogP contribution in [-0.2, 0) is 10.0 Å². The van der Waals surface area contributed by atoms with E-state index in [-0.39, 0.29) is 40.0 Å². The molecule has 0 aliphatic carbocycles. The van der Waals surface area contributed by atoms with Crippen molar-refractivity contribution in [2.45, 2.75) is 25.4 Å². The van der Waals surface area contributed by atoms with Gasteiger partial charge in [-0.15, -0.1) is 0 Å². The fourth-order valence-corrected chi connectivity index (χ4v) is 4.17. The van der Waals surface area contributed by atoms with Crippen molar-refractivity contribution in [1.29, 1.82) is 0 Å². The Morgan fingerprint density at radius 3 is 2.43 bits per heavy atom. The SMILES string of the molecule is CCN(CC)S(=O)(=O)c1ccc(Cl)c(NC(=O)c2ccccc2OC(F)F)c1. The monoisotopic (exact) mass is 432 g/mol. The lowest BCUT2D eigenvalue weighted by atomic mass is 10.2. The molecule has 2 aromatic rings. The molecule has 28 heavy (non-hydrogen) atoms. The first kappa shape index (κ1) is 22.1. The molecular formula is C18H19ClF2N2O4S. The fraction of sp³-hybridized carbons (Fsp3) is 0.278. The molecule has 10 heteroatoms. The molecule has 1 N–H and O–H groups in total. The van der Waals surface area contributed by atoms with Crippen LogP contribution in [0, 0.1) is 0 Å². The van der Waals surface area contributed by atoms with Gasteiger partial charge in [-0.1, -0.05) is 37.6 Å². The summed E-state index contributed by atoms with van der Waals surface area (Å²) >= 11 is 6.07. The standard InChI is InChI=1S/C18H19ClF2N2O4S/c1-3-23(4-2)28(25,26)12-9-10-14(19)15(11-12)22-17(24)13-7-5-6-8-16(13)27-18(20)21/h5-11,18H,3-4H2,1-2H3,(H,22,24). The van der Waals surface area contributed by atoms with Crippen molar-refractivity contribution in [2.75, 3.05) is 18.4 Å². The Morgan fingerprint density at radius 2 is 1.82 bits per heavy atom. The topological polar surface area (TPSA) is 75.7 Å². The van der Waals surface area contributed by atoms with Crippen molar-refractivity contribution >= 4 is 33.2 Å². The number of ether oxygens (including phenoxy) is 1. The minimum atomic E-state index is -3.77. The van der Waals surface area contributed by atoms with Crippen LogP contribution in [0.15, 0.2) is 47.4 Å². The Labute approximate surface area is 167 Å². The number of para-hydroxylation sites is 1. The summed E-state index contributed by atoms with van der Waals surface area (Å²) in [5.41, 5.74) is -0.109. The van der Waals surface area contributed by atoms with Crippen molar-refractivity contribution in [3.63, 3.8) is 0 Å². The lowest BCUT2D eigenvalue weighted by molar-refractivity contribution is -0.0501. The lowest BCUT2D eigenvalue weighted by Gasteiger charge is -2.19. The third-order valence-electron chi connectivity index (χ3n) is 3.88. The molecule has 0 saturated heterocycles. The largest absolute Gasteiger partial charge is 0.434 e. The lowest BCUT2D eigenvalue weighted by Crippen LogP contribution is -2.30. The number of carbonyl (C=O) groups excluding carboxylic acids is 1. The molecule has 2 rings (SSSR count). The molecule has 0 saturated carbocycles. The number of carbonyl (C=O) groups is 1. The predicted octanol–water partition coefficient (Wildman–Crippen LogP) is 4.22. The summed E-state index contributed by atoms with van der Waals surface area (Å²) < 4.78 is 56.0. The second-order valence-corrected chi connectivity index (χ2v) is 7.90. The fourth-order valence-electron chi connectivity index (χ4n) is 2.52. The number of sulfonamides is 1.